The number of carbonyl (C=O) groups is 1. The van der Waals surface area contributed by atoms with Gasteiger partial charge in [0.2, 0.25) is 5.91 Å². The molecule has 0 aromatic carbocycles. The van der Waals surface area contributed by atoms with Crippen molar-refractivity contribution in [3.63, 3.8) is 0 Å². The van der Waals surface area contributed by atoms with Gasteiger partial charge in [0.15, 0.2) is 0 Å². The number of nitrogens with one attached hydrogen (secondary N) is 1. The number of rotatable bonds is 6. The quantitative estimate of drug-likeness (QED) is 0.818. The van der Waals surface area contributed by atoms with Crippen LogP contribution in [-0.2, 0) is 17.8 Å². The van der Waals surface area contributed by atoms with Crippen LogP contribution in [0.4, 0.5) is 0 Å². The lowest BCUT2D eigenvalue weighted by molar-refractivity contribution is -0.123. The summed E-state index contributed by atoms with van der Waals surface area (Å²) in [4.78, 5) is 13.0. The van der Waals surface area contributed by atoms with E-state index in [1.54, 1.807) is 11.3 Å². The average Bonchev–Trinajstić information content (AvgIpc) is 2.81. The molecule has 1 amide bonds. The van der Waals surface area contributed by atoms with E-state index in [9.17, 15) is 4.79 Å². The third-order valence-electron chi connectivity index (χ3n) is 3.20. The largest absolute Gasteiger partial charge is 0.350 e. The lowest BCUT2D eigenvalue weighted by Gasteiger charge is -2.17. The van der Waals surface area contributed by atoms with Crippen molar-refractivity contribution < 1.29 is 4.79 Å². The van der Waals surface area contributed by atoms with Gasteiger partial charge in [0.05, 0.1) is 12.6 Å². The fraction of sp³-hybridized carbons (Fsp3) is 0.615. The summed E-state index contributed by atoms with van der Waals surface area (Å²) in [5, 5.41) is 4.99. The smallest absolute Gasteiger partial charge is 0.237 e. The minimum Gasteiger partial charge on any atom is -0.350 e. The molecule has 0 spiro atoms. The number of carbonyl (C=O) groups excluding carboxylic acids is 1. The molecule has 96 valence electrons. The SMILES string of the molecule is CCc1ccsc1CNC(=O)[C@@H](N)[C@@H](C)CC. The predicted molar refractivity (Wildman–Crippen MR) is 73.0 cm³/mol. The zero-order chi connectivity index (χ0) is 12.8. The van der Waals surface area contributed by atoms with Gasteiger partial charge in [0.25, 0.3) is 0 Å². The molecule has 1 aromatic heterocycles. The second-order valence-corrected chi connectivity index (χ2v) is 5.35. The van der Waals surface area contributed by atoms with Crippen LogP contribution < -0.4 is 11.1 Å². The predicted octanol–water partition coefficient (Wildman–Crippen LogP) is 2.30. The van der Waals surface area contributed by atoms with Gasteiger partial charge < -0.3 is 11.1 Å². The van der Waals surface area contributed by atoms with Crippen molar-refractivity contribution in [3.05, 3.63) is 21.9 Å². The van der Waals surface area contributed by atoms with E-state index in [2.05, 4.69) is 23.7 Å². The first kappa shape index (κ1) is 14.2. The number of thiophene rings is 1. The summed E-state index contributed by atoms with van der Waals surface area (Å²) < 4.78 is 0. The Morgan fingerprint density at radius 3 is 2.82 bits per heavy atom. The van der Waals surface area contributed by atoms with Crippen molar-refractivity contribution in [1.29, 1.82) is 0 Å². The first-order valence-corrected chi connectivity index (χ1v) is 7.06. The van der Waals surface area contributed by atoms with Gasteiger partial charge in [-0.3, -0.25) is 4.79 Å². The first-order valence-electron chi connectivity index (χ1n) is 6.18. The average molecular weight is 254 g/mol. The lowest BCUT2D eigenvalue weighted by Crippen LogP contribution is -2.44. The molecule has 1 aromatic rings. The first-order chi connectivity index (χ1) is 8.10. The van der Waals surface area contributed by atoms with Crippen molar-refractivity contribution in [2.24, 2.45) is 11.7 Å². The maximum atomic E-state index is 11.8. The van der Waals surface area contributed by atoms with Crippen LogP contribution in [0.15, 0.2) is 11.4 Å². The number of amides is 1. The van der Waals surface area contributed by atoms with Crippen LogP contribution in [0, 0.1) is 5.92 Å². The summed E-state index contributed by atoms with van der Waals surface area (Å²) in [6.07, 6.45) is 1.93. The number of hydrogen-bond acceptors (Lipinski definition) is 3. The summed E-state index contributed by atoms with van der Waals surface area (Å²) >= 11 is 1.69. The van der Waals surface area contributed by atoms with E-state index in [0.717, 1.165) is 12.8 Å². The van der Waals surface area contributed by atoms with Gasteiger partial charge in [0, 0.05) is 4.88 Å². The zero-order valence-electron chi connectivity index (χ0n) is 10.8. The summed E-state index contributed by atoms with van der Waals surface area (Å²) in [7, 11) is 0. The summed E-state index contributed by atoms with van der Waals surface area (Å²) in [6, 6.07) is 1.71. The van der Waals surface area contributed by atoms with Gasteiger partial charge in [-0.15, -0.1) is 11.3 Å². The van der Waals surface area contributed by atoms with E-state index in [4.69, 9.17) is 5.73 Å². The summed E-state index contributed by atoms with van der Waals surface area (Å²) in [5.41, 5.74) is 7.19. The monoisotopic (exact) mass is 254 g/mol. The number of hydrogen-bond donors (Lipinski definition) is 2. The second kappa shape index (κ2) is 6.77. The van der Waals surface area contributed by atoms with Gasteiger partial charge in [-0.2, -0.15) is 0 Å². The maximum absolute atomic E-state index is 11.8. The van der Waals surface area contributed by atoms with Gasteiger partial charge in [-0.05, 0) is 29.3 Å². The lowest BCUT2D eigenvalue weighted by atomic mass is 9.99. The standard InChI is InChI=1S/C13H22N2OS/c1-4-9(3)12(14)13(16)15-8-11-10(5-2)6-7-17-11/h6-7,9,12H,4-5,8,14H2,1-3H3,(H,15,16)/t9-,12-/m0/s1. The molecule has 0 saturated carbocycles. The molecule has 3 nitrogen and oxygen atoms in total. The van der Waals surface area contributed by atoms with Crippen LogP contribution in [0.1, 0.15) is 37.6 Å². The van der Waals surface area contributed by atoms with Crippen molar-refractivity contribution >= 4 is 17.2 Å². The van der Waals surface area contributed by atoms with Gasteiger partial charge >= 0.3 is 0 Å². The molecule has 4 heteroatoms. The molecule has 0 saturated heterocycles. The van der Waals surface area contributed by atoms with Gasteiger partial charge in [-0.25, -0.2) is 0 Å². The highest BCUT2D eigenvalue weighted by Crippen LogP contribution is 2.17. The van der Waals surface area contributed by atoms with E-state index in [1.165, 1.54) is 10.4 Å². The fourth-order valence-electron chi connectivity index (χ4n) is 1.63. The molecule has 0 aliphatic carbocycles. The van der Waals surface area contributed by atoms with E-state index in [1.807, 2.05) is 13.8 Å². The molecule has 0 radical (unpaired) electrons. The molecule has 0 unspecified atom stereocenters. The highest BCUT2D eigenvalue weighted by molar-refractivity contribution is 7.10. The Kier molecular flexibility index (Phi) is 5.65. The van der Waals surface area contributed by atoms with Gasteiger partial charge in [0.1, 0.15) is 0 Å². The highest BCUT2D eigenvalue weighted by Gasteiger charge is 2.19. The molecule has 3 N–H and O–H groups in total. The number of nitrogens with two attached hydrogens (primary N) is 1. The van der Waals surface area contributed by atoms with Crippen molar-refractivity contribution in [3.8, 4) is 0 Å². The Morgan fingerprint density at radius 1 is 1.53 bits per heavy atom. The molecule has 0 aliphatic heterocycles. The molecule has 0 bridgehead atoms. The van der Waals surface area contributed by atoms with Crippen LogP contribution in [0.2, 0.25) is 0 Å². The molecular formula is C13H22N2OS. The molecule has 1 heterocycles. The van der Waals surface area contributed by atoms with Crippen LogP contribution in [0.3, 0.4) is 0 Å². The van der Waals surface area contributed by atoms with Crippen molar-refractivity contribution in [2.45, 2.75) is 46.2 Å². The van der Waals surface area contributed by atoms with E-state index < -0.39 is 6.04 Å². The van der Waals surface area contributed by atoms with Crippen molar-refractivity contribution in [1.82, 2.24) is 5.32 Å². The zero-order valence-corrected chi connectivity index (χ0v) is 11.6. The van der Waals surface area contributed by atoms with Gasteiger partial charge in [-0.1, -0.05) is 27.2 Å². The van der Waals surface area contributed by atoms with Crippen LogP contribution >= 0.6 is 11.3 Å². The minimum absolute atomic E-state index is 0.0465. The third kappa shape index (κ3) is 3.82. The Bertz CT molecular complexity index is 362. The van der Waals surface area contributed by atoms with Crippen LogP contribution in [0.25, 0.3) is 0 Å². The normalized spacial score (nSPS) is 14.4. The molecule has 0 aliphatic rings. The van der Waals surface area contributed by atoms with Crippen LogP contribution in [-0.4, -0.2) is 11.9 Å². The summed E-state index contributed by atoms with van der Waals surface area (Å²) in [5.74, 6) is 0.179. The number of aryl methyl sites for hydroxylation is 1. The van der Waals surface area contributed by atoms with E-state index >= 15 is 0 Å². The molecule has 0 fully saturated rings. The highest BCUT2D eigenvalue weighted by atomic mass is 32.1. The minimum atomic E-state index is -0.398. The third-order valence-corrected chi connectivity index (χ3v) is 4.16. The second-order valence-electron chi connectivity index (χ2n) is 4.35. The molecule has 1 rings (SSSR count). The maximum Gasteiger partial charge on any atom is 0.237 e. The van der Waals surface area contributed by atoms with E-state index in [0.29, 0.717) is 6.54 Å². The Hall–Kier alpha value is -0.870. The topological polar surface area (TPSA) is 55.1 Å². The van der Waals surface area contributed by atoms with Crippen molar-refractivity contribution in [2.75, 3.05) is 0 Å². The fourth-order valence-corrected chi connectivity index (χ4v) is 2.55. The summed E-state index contributed by atoms with van der Waals surface area (Å²) in [6.45, 7) is 6.78. The Balaban J connectivity index is 2.48. The Labute approximate surface area is 107 Å². The molecular weight excluding hydrogens is 232 g/mol. The molecule has 2 atom stereocenters. The van der Waals surface area contributed by atoms with E-state index in [-0.39, 0.29) is 11.8 Å². The Morgan fingerprint density at radius 2 is 2.24 bits per heavy atom. The molecule has 17 heavy (non-hydrogen) atoms. The van der Waals surface area contributed by atoms with Crippen LogP contribution in [0.5, 0.6) is 0 Å².